The van der Waals surface area contributed by atoms with Crippen molar-refractivity contribution in [3.8, 4) is 0 Å². The van der Waals surface area contributed by atoms with Gasteiger partial charge in [-0.25, -0.2) is 0 Å². The van der Waals surface area contributed by atoms with Crippen molar-refractivity contribution in [1.82, 2.24) is 15.1 Å². The van der Waals surface area contributed by atoms with Crippen LogP contribution in [0.3, 0.4) is 0 Å². The van der Waals surface area contributed by atoms with E-state index in [4.69, 9.17) is 0 Å². The molecule has 0 radical (unpaired) electrons. The van der Waals surface area contributed by atoms with E-state index in [1.807, 2.05) is 23.1 Å². The number of hydrogen-bond donors (Lipinski definition) is 1. The summed E-state index contributed by atoms with van der Waals surface area (Å²) < 4.78 is 3.26. The van der Waals surface area contributed by atoms with Crippen LogP contribution in [0.2, 0.25) is 0 Å². The van der Waals surface area contributed by atoms with E-state index >= 15 is 0 Å². The molecule has 0 amide bonds. The number of nitrogens with one attached hydrogen (secondary N) is 1. The van der Waals surface area contributed by atoms with Crippen LogP contribution in [0.15, 0.2) is 36.5 Å². The first kappa shape index (κ1) is 14.3. The van der Waals surface area contributed by atoms with Crippen molar-refractivity contribution in [2.75, 3.05) is 0 Å². The maximum atomic E-state index is 4.49. The Hall–Kier alpha value is -1.65. The van der Waals surface area contributed by atoms with Crippen LogP contribution in [0.1, 0.15) is 36.0 Å². The van der Waals surface area contributed by atoms with Crippen molar-refractivity contribution in [1.29, 1.82) is 0 Å². The Labute approximate surface area is 129 Å². The molecule has 0 bridgehead atoms. The number of hydrogen-bond acceptors (Lipinski definition) is 3. The maximum absolute atomic E-state index is 4.49. The molecule has 2 aromatic heterocycles. The van der Waals surface area contributed by atoms with Crippen molar-refractivity contribution >= 4 is 21.4 Å². The van der Waals surface area contributed by atoms with Crippen molar-refractivity contribution in [2.24, 2.45) is 7.05 Å². The number of benzene rings is 1. The van der Waals surface area contributed by atoms with Gasteiger partial charge < -0.3 is 5.32 Å². The number of aromatic nitrogens is 2. The van der Waals surface area contributed by atoms with Crippen LogP contribution in [-0.2, 0) is 20.0 Å². The summed E-state index contributed by atoms with van der Waals surface area (Å²) in [6, 6.07) is 11.2. The molecule has 0 spiro atoms. The fraction of sp³-hybridized carbons (Fsp3) is 0.353. The lowest BCUT2D eigenvalue weighted by Gasteiger charge is -2.11. The first-order valence-electron chi connectivity index (χ1n) is 7.40. The van der Waals surface area contributed by atoms with Crippen LogP contribution >= 0.6 is 11.3 Å². The molecule has 21 heavy (non-hydrogen) atoms. The molecule has 0 aliphatic rings. The molecular formula is C17H21N3S. The van der Waals surface area contributed by atoms with Gasteiger partial charge >= 0.3 is 0 Å². The second kappa shape index (κ2) is 6.00. The molecule has 1 unspecified atom stereocenters. The second-order valence-electron chi connectivity index (χ2n) is 5.42. The standard InChI is InChI=1S/C17H21N3S/c1-4-15-14(11-20(3)19-15)10-18-12(2)17-9-13-7-5-6-8-16(13)21-17/h5-9,11-12,18H,4,10H2,1-3H3. The maximum Gasteiger partial charge on any atom is 0.0666 e. The first-order chi connectivity index (χ1) is 10.2. The highest BCUT2D eigenvalue weighted by molar-refractivity contribution is 7.19. The summed E-state index contributed by atoms with van der Waals surface area (Å²) in [6.07, 6.45) is 3.10. The van der Waals surface area contributed by atoms with E-state index < -0.39 is 0 Å². The van der Waals surface area contributed by atoms with Crippen molar-refractivity contribution in [2.45, 2.75) is 32.9 Å². The molecule has 0 aliphatic carbocycles. The smallest absolute Gasteiger partial charge is 0.0666 e. The molecule has 1 N–H and O–H groups in total. The molecule has 3 aromatic rings. The van der Waals surface area contributed by atoms with E-state index in [-0.39, 0.29) is 0 Å². The van der Waals surface area contributed by atoms with Crippen molar-refractivity contribution in [3.63, 3.8) is 0 Å². The predicted molar refractivity (Wildman–Crippen MR) is 89.7 cm³/mol. The zero-order valence-electron chi connectivity index (χ0n) is 12.8. The normalized spacial score (nSPS) is 12.9. The first-order valence-corrected chi connectivity index (χ1v) is 8.22. The molecule has 110 valence electrons. The molecule has 0 saturated heterocycles. The summed E-state index contributed by atoms with van der Waals surface area (Å²) in [5.74, 6) is 0. The summed E-state index contributed by atoms with van der Waals surface area (Å²) in [6.45, 7) is 5.25. The molecule has 0 saturated carbocycles. The number of rotatable bonds is 5. The molecule has 1 atom stereocenters. The van der Waals surface area contributed by atoms with Gasteiger partial charge in [0.1, 0.15) is 0 Å². The van der Waals surface area contributed by atoms with Gasteiger partial charge in [0.05, 0.1) is 5.69 Å². The zero-order chi connectivity index (χ0) is 14.8. The third kappa shape index (κ3) is 3.01. The van der Waals surface area contributed by atoms with E-state index in [9.17, 15) is 0 Å². The number of nitrogens with zero attached hydrogens (tertiary/aromatic N) is 2. The molecule has 3 nitrogen and oxygen atoms in total. The summed E-state index contributed by atoms with van der Waals surface area (Å²) in [4.78, 5) is 1.39. The van der Waals surface area contributed by atoms with Gasteiger partial charge in [-0.05, 0) is 30.9 Å². The van der Waals surface area contributed by atoms with Crippen LogP contribution in [0, 0.1) is 0 Å². The van der Waals surface area contributed by atoms with Gasteiger partial charge in [-0.15, -0.1) is 11.3 Å². The molecule has 3 rings (SSSR count). The summed E-state index contributed by atoms with van der Waals surface area (Å²) in [7, 11) is 1.98. The average Bonchev–Trinajstić information content (AvgIpc) is 3.07. The Kier molecular flexibility index (Phi) is 4.08. The Morgan fingerprint density at radius 2 is 2.14 bits per heavy atom. The predicted octanol–water partition coefficient (Wildman–Crippen LogP) is 4.05. The molecule has 1 aromatic carbocycles. The zero-order valence-corrected chi connectivity index (χ0v) is 13.6. The largest absolute Gasteiger partial charge is 0.305 e. The lowest BCUT2D eigenvalue weighted by molar-refractivity contribution is 0.581. The number of fused-ring (bicyclic) bond motifs is 1. The van der Waals surface area contributed by atoms with Crippen molar-refractivity contribution < 1.29 is 0 Å². The van der Waals surface area contributed by atoms with Crippen LogP contribution in [0.25, 0.3) is 10.1 Å². The van der Waals surface area contributed by atoms with E-state index in [1.54, 1.807) is 0 Å². The van der Waals surface area contributed by atoms with Gasteiger partial charge in [-0.3, -0.25) is 4.68 Å². The lowest BCUT2D eigenvalue weighted by atomic mass is 10.2. The minimum Gasteiger partial charge on any atom is -0.305 e. The van der Waals surface area contributed by atoms with Crippen LogP contribution in [0.4, 0.5) is 0 Å². The van der Waals surface area contributed by atoms with Crippen molar-refractivity contribution in [3.05, 3.63) is 52.7 Å². The Bertz CT molecular complexity index is 708. The minimum atomic E-state index is 0.354. The Balaban J connectivity index is 1.72. The third-order valence-electron chi connectivity index (χ3n) is 3.80. The van der Waals surface area contributed by atoms with Gasteiger partial charge in [0.15, 0.2) is 0 Å². The van der Waals surface area contributed by atoms with E-state index in [0.29, 0.717) is 6.04 Å². The lowest BCUT2D eigenvalue weighted by Crippen LogP contribution is -2.17. The van der Waals surface area contributed by atoms with Gasteiger partial charge in [0.25, 0.3) is 0 Å². The highest BCUT2D eigenvalue weighted by atomic mass is 32.1. The van der Waals surface area contributed by atoms with Crippen LogP contribution in [-0.4, -0.2) is 9.78 Å². The van der Waals surface area contributed by atoms with Crippen LogP contribution < -0.4 is 5.32 Å². The average molecular weight is 299 g/mol. The molecule has 2 heterocycles. The Morgan fingerprint density at radius 3 is 2.90 bits per heavy atom. The highest BCUT2D eigenvalue weighted by Gasteiger charge is 2.11. The Morgan fingerprint density at radius 1 is 1.33 bits per heavy atom. The summed E-state index contributed by atoms with van der Waals surface area (Å²) >= 11 is 1.87. The number of thiophene rings is 1. The minimum absolute atomic E-state index is 0.354. The highest BCUT2D eigenvalue weighted by Crippen LogP contribution is 2.29. The van der Waals surface area contributed by atoms with Crippen LogP contribution in [0.5, 0.6) is 0 Å². The van der Waals surface area contributed by atoms with Gasteiger partial charge in [0.2, 0.25) is 0 Å². The fourth-order valence-corrected chi connectivity index (χ4v) is 3.70. The quantitative estimate of drug-likeness (QED) is 0.770. The van der Waals surface area contributed by atoms with E-state index in [2.05, 4.69) is 60.8 Å². The molecule has 0 aliphatic heterocycles. The topological polar surface area (TPSA) is 29.9 Å². The molecule has 4 heteroatoms. The summed E-state index contributed by atoms with van der Waals surface area (Å²) in [5, 5.41) is 9.45. The fourth-order valence-electron chi connectivity index (χ4n) is 2.61. The van der Waals surface area contributed by atoms with E-state index in [0.717, 1.165) is 13.0 Å². The monoisotopic (exact) mass is 299 g/mol. The SMILES string of the molecule is CCc1nn(C)cc1CNC(C)c1cc2ccccc2s1. The molecule has 0 fully saturated rings. The van der Waals surface area contributed by atoms with Gasteiger partial charge in [0, 0.05) is 41.0 Å². The number of aryl methyl sites for hydroxylation is 2. The second-order valence-corrected chi connectivity index (χ2v) is 6.53. The summed E-state index contributed by atoms with van der Waals surface area (Å²) in [5.41, 5.74) is 2.49. The van der Waals surface area contributed by atoms with Gasteiger partial charge in [-0.1, -0.05) is 25.1 Å². The molecular weight excluding hydrogens is 278 g/mol. The third-order valence-corrected chi connectivity index (χ3v) is 5.10. The van der Waals surface area contributed by atoms with Gasteiger partial charge in [-0.2, -0.15) is 5.10 Å². The van der Waals surface area contributed by atoms with E-state index in [1.165, 1.54) is 26.2 Å².